The molecule has 0 fully saturated rings. The molecule has 0 amide bonds. The minimum atomic E-state index is -0.144. The Bertz CT molecular complexity index is 4160. The van der Waals surface area contributed by atoms with E-state index < -0.39 is 0 Å². The molecule has 2 aliphatic rings. The number of hydrogen-bond acceptors (Lipinski definition) is 3. The van der Waals surface area contributed by atoms with Gasteiger partial charge < -0.3 is 0 Å². The van der Waals surface area contributed by atoms with Gasteiger partial charge in [-0.1, -0.05) is 210 Å². The predicted molar refractivity (Wildman–Crippen MR) is 302 cm³/mol. The second-order valence-electron chi connectivity index (χ2n) is 20.8. The van der Waals surface area contributed by atoms with Crippen LogP contribution in [-0.4, -0.2) is 19.5 Å². The molecule has 14 rings (SSSR count). The van der Waals surface area contributed by atoms with Crippen molar-refractivity contribution in [3.63, 3.8) is 0 Å². The molecule has 0 saturated heterocycles. The maximum atomic E-state index is 5.61. The van der Waals surface area contributed by atoms with Crippen LogP contribution in [0, 0.1) is 0 Å². The Hall–Kier alpha value is -8.99. The first-order chi connectivity index (χ1) is 35.7. The van der Waals surface area contributed by atoms with E-state index in [1.54, 1.807) is 0 Å². The number of hydrogen-bond donors (Lipinski definition) is 0. The Morgan fingerprint density at radius 2 is 0.699 bits per heavy atom. The van der Waals surface area contributed by atoms with Crippen LogP contribution < -0.4 is 0 Å². The quantitative estimate of drug-likeness (QED) is 0.160. The highest BCUT2D eigenvalue weighted by atomic mass is 15.1. The molecule has 0 unspecified atom stereocenters. The van der Waals surface area contributed by atoms with Gasteiger partial charge in [-0.15, -0.1) is 0 Å². The van der Waals surface area contributed by atoms with Crippen molar-refractivity contribution in [2.75, 3.05) is 0 Å². The molecule has 0 radical (unpaired) electrons. The number of rotatable bonds is 7. The number of para-hydroxylation sites is 3. The monoisotopic (exact) mass is 934 g/mol. The predicted octanol–water partition coefficient (Wildman–Crippen LogP) is 17.6. The highest BCUT2D eigenvalue weighted by molar-refractivity contribution is 5.98. The number of fused-ring (bicyclic) bond motifs is 8. The SMILES string of the molecule is CC1(C)c2ccccc2-c2ccc(-c3cc4nc(-c5ccccc5)c(-c5ccc(-c6ccc(-c7nc8ccccc8n7-c7ccccc7)cc6)cc5)nc4cc3-c3ccc4c(c3)C(C)(C)c3ccccc3-4)cc21. The van der Waals surface area contributed by atoms with Crippen LogP contribution in [0.1, 0.15) is 49.9 Å². The Morgan fingerprint density at radius 1 is 0.288 bits per heavy atom. The van der Waals surface area contributed by atoms with E-state index in [1.807, 2.05) is 12.1 Å². The van der Waals surface area contributed by atoms with E-state index in [0.717, 1.165) is 83.9 Å². The molecule has 346 valence electrons. The summed E-state index contributed by atoms with van der Waals surface area (Å²) in [5.74, 6) is 0.917. The zero-order chi connectivity index (χ0) is 49.0. The van der Waals surface area contributed by atoms with E-state index in [9.17, 15) is 0 Å². The van der Waals surface area contributed by atoms with Crippen molar-refractivity contribution >= 4 is 22.1 Å². The van der Waals surface area contributed by atoms with Crippen molar-refractivity contribution < 1.29 is 0 Å². The Morgan fingerprint density at radius 3 is 1.25 bits per heavy atom. The summed E-state index contributed by atoms with van der Waals surface area (Å²) in [6.07, 6.45) is 0. The average Bonchev–Trinajstić information content (AvgIpc) is 4.02. The van der Waals surface area contributed by atoms with Crippen LogP contribution in [0.2, 0.25) is 0 Å². The summed E-state index contributed by atoms with van der Waals surface area (Å²) < 4.78 is 2.25. The van der Waals surface area contributed by atoms with Crippen molar-refractivity contribution in [1.29, 1.82) is 0 Å². The number of benzene rings is 10. The maximum Gasteiger partial charge on any atom is 0.145 e. The molecular formula is C69H50N4. The molecule has 0 saturated carbocycles. The standard InChI is InChI=1S/C69H50N4/c1-68(2)57-23-13-11-21-51(57)53-37-35-48(39-59(53)68)55-41-62-63(42-56(55)49-36-38-54-52-22-12-14-24-58(52)69(3,4)60(54)40-49)71-66(65(70-62)45-17-7-5-8-18-45)46-31-27-43(28-32-46)44-29-33-47(34-30-44)67-72-61-25-15-16-26-64(61)73(67)50-19-9-6-10-20-50/h5-42H,1-4H3. The molecule has 0 atom stereocenters. The summed E-state index contributed by atoms with van der Waals surface area (Å²) in [6.45, 7) is 9.43. The van der Waals surface area contributed by atoms with Crippen molar-refractivity contribution in [2.45, 2.75) is 38.5 Å². The van der Waals surface area contributed by atoms with Crippen LogP contribution in [-0.2, 0) is 10.8 Å². The lowest BCUT2D eigenvalue weighted by Crippen LogP contribution is -2.15. The first kappa shape index (κ1) is 42.9. The summed E-state index contributed by atoms with van der Waals surface area (Å²) in [7, 11) is 0. The molecule has 73 heavy (non-hydrogen) atoms. The van der Waals surface area contributed by atoms with E-state index in [4.69, 9.17) is 15.0 Å². The molecule has 0 aliphatic heterocycles. The minimum absolute atomic E-state index is 0.140. The van der Waals surface area contributed by atoms with Gasteiger partial charge in [0.25, 0.3) is 0 Å². The van der Waals surface area contributed by atoms with E-state index in [2.05, 4.69) is 251 Å². The third-order valence-electron chi connectivity index (χ3n) is 15.8. The Kier molecular flexibility index (Phi) is 9.55. The molecular weight excluding hydrogens is 885 g/mol. The van der Waals surface area contributed by atoms with Crippen molar-refractivity contribution in [3.05, 3.63) is 253 Å². The van der Waals surface area contributed by atoms with Crippen LogP contribution in [0.3, 0.4) is 0 Å². The first-order valence-corrected chi connectivity index (χ1v) is 25.3. The van der Waals surface area contributed by atoms with Gasteiger partial charge in [-0.3, -0.25) is 4.57 Å². The molecule has 0 N–H and O–H groups in total. The van der Waals surface area contributed by atoms with Gasteiger partial charge in [0.1, 0.15) is 5.82 Å². The molecule has 0 spiro atoms. The van der Waals surface area contributed by atoms with E-state index >= 15 is 0 Å². The van der Waals surface area contributed by atoms with Gasteiger partial charge in [-0.05, 0) is 126 Å². The van der Waals surface area contributed by atoms with E-state index in [-0.39, 0.29) is 10.8 Å². The highest BCUT2D eigenvalue weighted by Gasteiger charge is 2.37. The number of nitrogens with zero attached hydrogens (tertiary/aromatic N) is 4. The largest absolute Gasteiger partial charge is 0.292 e. The van der Waals surface area contributed by atoms with Gasteiger partial charge in [0.05, 0.1) is 33.5 Å². The molecule has 10 aromatic carbocycles. The number of aromatic nitrogens is 4. The average molecular weight is 935 g/mol. The fraction of sp³-hybridized carbons (Fsp3) is 0.0870. The van der Waals surface area contributed by atoms with Gasteiger partial charge >= 0.3 is 0 Å². The fourth-order valence-electron chi connectivity index (χ4n) is 12.0. The molecule has 2 heterocycles. The van der Waals surface area contributed by atoms with Crippen LogP contribution >= 0.6 is 0 Å². The van der Waals surface area contributed by atoms with Crippen molar-refractivity contribution in [1.82, 2.24) is 19.5 Å². The van der Waals surface area contributed by atoms with Crippen molar-refractivity contribution in [3.8, 4) is 95.2 Å². The summed E-state index contributed by atoms with van der Waals surface area (Å²) in [4.78, 5) is 16.3. The van der Waals surface area contributed by atoms with E-state index in [1.165, 1.54) is 55.6 Å². The lowest BCUT2D eigenvalue weighted by atomic mass is 9.80. The smallest absolute Gasteiger partial charge is 0.145 e. The summed E-state index contributed by atoms with van der Waals surface area (Å²) >= 11 is 0. The van der Waals surface area contributed by atoms with Crippen LogP contribution in [0.5, 0.6) is 0 Å². The minimum Gasteiger partial charge on any atom is -0.292 e. The second-order valence-corrected chi connectivity index (χ2v) is 20.8. The Balaban J connectivity index is 0.895. The molecule has 4 nitrogen and oxygen atoms in total. The number of imidazole rings is 1. The first-order valence-electron chi connectivity index (χ1n) is 25.3. The van der Waals surface area contributed by atoms with Gasteiger partial charge in [0, 0.05) is 33.2 Å². The fourth-order valence-corrected chi connectivity index (χ4v) is 12.0. The molecule has 12 aromatic rings. The zero-order valence-electron chi connectivity index (χ0n) is 41.2. The molecule has 2 aliphatic carbocycles. The van der Waals surface area contributed by atoms with Crippen molar-refractivity contribution in [2.24, 2.45) is 0 Å². The summed E-state index contributed by atoms with van der Waals surface area (Å²) in [6, 6.07) is 83.4. The third-order valence-corrected chi connectivity index (χ3v) is 15.8. The zero-order valence-corrected chi connectivity index (χ0v) is 41.2. The lowest BCUT2D eigenvalue weighted by molar-refractivity contribution is 0.660. The van der Waals surface area contributed by atoms with Crippen LogP contribution in [0.15, 0.2) is 231 Å². The summed E-state index contributed by atoms with van der Waals surface area (Å²) in [5, 5.41) is 0. The van der Waals surface area contributed by atoms with E-state index in [0.29, 0.717) is 0 Å². The molecule has 2 aromatic heterocycles. The molecule has 0 bridgehead atoms. The topological polar surface area (TPSA) is 43.6 Å². The normalized spacial score (nSPS) is 13.7. The maximum absolute atomic E-state index is 5.61. The van der Waals surface area contributed by atoms with Gasteiger partial charge in [-0.25, -0.2) is 15.0 Å². The van der Waals surface area contributed by atoms with Gasteiger partial charge in [0.15, 0.2) is 0 Å². The van der Waals surface area contributed by atoms with Crippen LogP contribution in [0.25, 0.3) is 117 Å². The third kappa shape index (κ3) is 6.78. The van der Waals surface area contributed by atoms with Gasteiger partial charge in [0.2, 0.25) is 0 Å². The second kappa shape index (κ2) is 16.3. The Labute approximate surface area is 426 Å². The van der Waals surface area contributed by atoms with Crippen LogP contribution in [0.4, 0.5) is 0 Å². The van der Waals surface area contributed by atoms with Gasteiger partial charge in [-0.2, -0.15) is 0 Å². The highest BCUT2D eigenvalue weighted by Crippen LogP contribution is 2.52. The lowest BCUT2D eigenvalue weighted by Gasteiger charge is -2.23. The summed E-state index contributed by atoms with van der Waals surface area (Å²) in [5.41, 5.74) is 26.9. The molecule has 4 heteroatoms.